The second-order valence-electron chi connectivity index (χ2n) is 4.47. The number of hydrogen-bond acceptors (Lipinski definition) is 4. The van der Waals surface area contributed by atoms with Gasteiger partial charge in [0.05, 0.1) is 23.9 Å². The maximum atomic E-state index is 12.5. The predicted molar refractivity (Wildman–Crippen MR) is 78.8 cm³/mol. The Morgan fingerprint density at radius 1 is 1.48 bits per heavy atom. The highest BCUT2D eigenvalue weighted by Gasteiger charge is 2.36. The van der Waals surface area contributed by atoms with E-state index in [1.165, 1.54) is 12.0 Å². The molecule has 1 aromatic heterocycles. The van der Waals surface area contributed by atoms with Crippen LogP contribution in [0.25, 0.3) is 6.08 Å². The molecular weight excluding hydrogens is 268 g/mol. The lowest BCUT2D eigenvalue weighted by molar-refractivity contribution is -0.136. The average Bonchev–Trinajstić information content (AvgIpc) is 2.73. The summed E-state index contributed by atoms with van der Waals surface area (Å²) in [6.45, 7) is 5.68. The predicted octanol–water partition coefficient (Wildman–Crippen LogP) is 1.94. The molecular formula is C16H16N2O3. The molecule has 0 radical (unpaired) electrons. The van der Waals surface area contributed by atoms with Crippen molar-refractivity contribution in [3.63, 3.8) is 0 Å². The fourth-order valence-electron chi connectivity index (χ4n) is 2.19. The summed E-state index contributed by atoms with van der Waals surface area (Å²) in [6.07, 6.45) is 4.84. The monoisotopic (exact) mass is 284 g/mol. The molecule has 0 aromatic carbocycles. The number of allylic oxidation sites excluding steroid dienone is 1. The van der Waals surface area contributed by atoms with Gasteiger partial charge >= 0.3 is 5.97 Å². The quantitative estimate of drug-likeness (QED) is 0.481. The van der Waals surface area contributed by atoms with Crippen molar-refractivity contribution in [1.82, 2.24) is 9.88 Å². The third-order valence-corrected chi connectivity index (χ3v) is 3.19. The van der Waals surface area contributed by atoms with E-state index >= 15 is 0 Å². The first-order valence-electron chi connectivity index (χ1n) is 6.45. The van der Waals surface area contributed by atoms with Crippen LogP contribution >= 0.6 is 0 Å². The zero-order chi connectivity index (χ0) is 15.4. The Morgan fingerprint density at radius 3 is 2.81 bits per heavy atom. The molecule has 0 unspecified atom stereocenters. The maximum Gasteiger partial charge on any atom is 0.340 e. The molecule has 1 aliphatic heterocycles. The van der Waals surface area contributed by atoms with Crippen LogP contribution in [0.3, 0.4) is 0 Å². The topological polar surface area (TPSA) is 59.5 Å². The molecule has 108 valence electrons. The molecule has 21 heavy (non-hydrogen) atoms. The highest BCUT2D eigenvalue weighted by molar-refractivity contribution is 6.16. The van der Waals surface area contributed by atoms with E-state index in [2.05, 4.69) is 11.6 Å². The van der Waals surface area contributed by atoms with Crippen molar-refractivity contribution in [2.45, 2.75) is 6.92 Å². The van der Waals surface area contributed by atoms with Gasteiger partial charge in [-0.2, -0.15) is 0 Å². The average molecular weight is 284 g/mol. The normalized spacial score (nSPS) is 16.6. The first-order valence-corrected chi connectivity index (χ1v) is 6.45. The highest BCUT2D eigenvalue weighted by atomic mass is 16.5. The minimum Gasteiger partial charge on any atom is -0.465 e. The van der Waals surface area contributed by atoms with Gasteiger partial charge in [0.1, 0.15) is 0 Å². The summed E-state index contributed by atoms with van der Waals surface area (Å²) in [7, 11) is 1.29. The van der Waals surface area contributed by atoms with Gasteiger partial charge in [0.15, 0.2) is 0 Å². The van der Waals surface area contributed by atoms with Crippen molar-refractivity contribution >= 4 is 18.0 Å². The third-order valence-electron chi connectivity index (χ3n) is 3.19. The van der Waals surface area contributed by atoms with Gasteiger partial charge in [0, 0.05) is 18.4 Å². The number of methoxy groups -OCH3 is 1. The van der Waals surface area contributed by atoms with E-state index in [0.29, 0.717) is 23.5 Å². The van der Waals surface area contributed by atoms with Crippen molar-refractivity contribution in [3.05, 3.63) is 59.6 Å². The van der Waals surface area contributed by atoms with Crippen LogP contribution in [0.5, 0.6) is 0 Å². The highest BCUT2D eigenvalue weighted by Crippen LogP contribution is 2.31. The molecule has 0 N–H and O–H groups in total. The lowest BCUT2D eigenvalue weighted by Gasteiger charge is -2.14. The van der Waals surface area contributed by atoms with E-state index in [4.69, 9.17) is 4.74 Å². The Kier molecular flexibility index (Phi) is 4.33. The zero-order valence-corrected chi connectivity index (χ0v) is 12.0. The maximum absolute atomic E-state index is 12.5. The first-order chi connectivity index (χ1) is 10.1. The molecule has 0 saturated carbocycles. The van der Waals surface area contributed by atoms with Gasteiger partial charge in [0.25, 0.3) is 5.91 Å². The van der Waals surface area contributed by atoms with E-state index in [1.54, 1.807) is 37.4 Å². The lowest BCUT2D eigenvalue weighted by Crippen LogP contribution is -2.25. The van der Waals surface area contributed by atoms with E-state index in [9.17, 15) is 9.59 Å². The lowest BCUT2D eigenvalue weighted by atomic mass is 10.1. The first kappa shape index (κ1) is 14.7. The second-order valence-corrected chi connectivity index (χ2v) is 4.47. The van der Waals surface area contributed by atoms with Crippen molar-refractivity contribution in [1.29, 1.82) is 0 Å². The summed E-state index contributed by atoms with van der Waals surface area (Å²) < 4.78 is 4.78. The van der Waals surface area contributed by atoms with Gasteiger partial charge in [-0.1, -0.05) is 12.1 Å². The molecule has 0 saturated heterocycles. The van der Waals surface area contributed by atoms with Gasteiger partial charge in [0.2, 0.25) is 0 Å². The SMILES string of the molecule is C=CCN1C(=O)/C(=C\c2ccccn2)C(C(=O)OC)=C1C. The molecule has 1 aliphatic rings. The van der Waals surface area contributed by atoms with Crippen LogP contribution in [-0.4, -0.2) is 35.4 Å². The minimum atomic E-state index is -0.533. The molecule has 2 rings (SSSR count). The summed E-state index contributed by atoms with van der Waals surface area (Å²) in [5.41, 5.74) is 1.74. The van der Waals surface area contributed by atoms with Crippen molar-refractivity contribution in [2.75, 3.05) is 13.7 Å². The van der Waals surface area contributed by atoms with Gasteiger partial charge in [-0.05, 0) is 25.1 Å². The van der Waals surface area contributed by atoms with Crippen LogP contribution < -0.4 is 0 Å². The number of carbonyl (C=O) groups is 2. The Labute approximate surface area is 123 Å². The number of amides is 1. The molecule has 5 nitrogen and oxygen atoms in total. The summed E-state index contributed by atoms with van der Waals surface area (Å²) in [5.74, 6) is -0.784. The number of hydrogen-bond donors (Lipinski definition) is 0. The Bertz CT molecular complexity index is 645. The van der Waals surface area contributed by atoms with Crippen molar-refractivity contribution in [2.24, 2.45) is 0 Å². The number of esters is 1. The van der Waals surface area contributed by atoms with E-state index in [-0.39, 0.29) is 11.5 Å². The van der Waals surface area contributed by atoms with Crippen LogP contribution in [0, 0.1) is 0 Å². The van der Waals surface area contributed by atoms with Crippen LogP contribution in [0.1, 0.15) is 12.6 Å². The fourth-order valence-corrected chi connectivity index (χ4v) is 2.19. The summed E-state index contributed by atoms with van der Waals surface area (Å²) in [4.78, 5) is 30.1. The van der Waals surface area contributed by atoms with E-state index < -0.39 is 5.97 Å². The van der Waals surface area contributed by atoms with E-state index in [0.717, 1.165) is 0 Å². The summed E-state index contributed by atoms with van der Waals surface area (Å²) in [6, 6.07) is 5.36. The molecule has 2 heterocycles. The zero-order valence-electron chi connectivity index (χ0n) is 12.0. The Morgan fingerprint density at radius 2 is 2.24 bits per heavy atom. The van der Waals surface area contributed by atoms with Crippen molar-refractivity contribution < 1.29 is 14.3 Å². The van der Waals surface area contributed by atoms with Gasteiger partial charge < -0.3 is 9.64 Å². The number of carbonyl (C=O) groups excluding carboxylic acids is 2. The molecule has 0 bridgehead atoms. The molecule has 0 fully saturated rings. The summed E-state index contributed by atoms with van der Waals surface area (Å²) in [5, 5.41) is 0. The molecule has 5 heteroatoms. The standard InChI is InChI=1S/C16H16N2O3/c1-4-9-18-11(2)14(16(20)21-3)13(15(18)19)10-12-7-5-6-8-17-12/h4-8,10H,1,9H2,2-3H3/b13-10-. The number of rotatable bonds is 4. The van der Waals surface area contributed by atoms with Gasteiger partial charge in [-0.3, -0.25) is 9.78 Å². The summed E-state index contributed by atoms with van der Waals surface area (Å²) >= 11 is 0. The molecule has 0 aliphatic carbocycles. The number of nitrogens with zero attached hydrogens (tertiary/aromatic N) is 2. The van der Waals surface area contributed by atoms with Crippen LogP contribution in [0.4, 0.5) is 0 Å². The second kappa shape index (κ2) is 6.17. The molecule has 1 amide bonds. The van der Waals surface area contributed by atoms with Crippen LogP contribution in [-0.2, 0) is 14.3 Å². The van der Waals surface area contributed by atoms with Gasteiger partial charge in [-0.15, -0.1) is 6.58 Å². The third kappa shape index (κ3) is 2.76. The van der Waals surface area contributed by atoms with E-state index in [1.807, 2.05) is 6.07 Å². The minimum absolute atomic E-state index is 0.251. The number of ether oxygens (including phenoxy) is 1. The van der Waals surface area contributed by atoms with Crippen LogP contribution in [0.15, 0.2) is 53.9 Å². The smallest absolute Gasteiger partial charge is 0.340 e. The van der Waals surface area contributed by atoms with Crippen LogP contribution in [0.2, 0.25) is 0 Å². The van der Waals surface area contributed by atoms with Gasteiger partial charge in [-0.25, -0.2) is 4.79 Å². The fraction of sp³-hybridized carbons (Fsp3) is 0.188. The molecule has 0 atom stereocenters. The largest absolute Gasteiger partial charge is 0.465 e. The number of pyridine rings is 1. The van der Waals surface area contributed by atoms with Crippen molar-refractivity contribution in [3.8, 4) is 0 Å². The Hall–Kier alpha value is -2.69. The Balaban J connectivity index is 2.52. The molecule has 1 aromatic rings. The number of aromatic nitrogens is 1. The molecule has 0 spiro atoms.